The van der Waals surface area contributed by atoms with E-state index >= 15 is 0 Å². The molecule has 10 nitrogen and oxygen atoms in total. The smallest absolute Gasteiger partial charge is 0.237 e. The van der Waals surface area contributed by atoms with Gasteiger partial charge >= 0.3 is 0 Å². The van der Waals surface area contributed by atoms with Crippen LogP contribution in [0.15, 0.2) is 48.9 Å². The molecule has 192 valence electrons. The van der Waals surface area contributed by atoms with Crippen LogP contribution in [0.2, 0.25) is 0 Å². The van der Waals surface area contributed by atoms with Gasteiger partial charge in [0.25, 0.3) is 0 Å². The molecule has 3 aromatic rings. The molecule has 3 aliphatic rings. The summed E-state index contributed by atoms with van der Waals surface area (Å²) in [5.41, 5.74) is 1.92. The Bertz CT molecular complexity index is 1430. The molecule has 1 amide bonds. The number of hydrogen-bond acceptors (Lipinski definition) is 8. The fourth-order valence-corrected chi connectivity index (χ4v) is 6.52. The summed E-state index contributed by atoms with van der Waals surface area (Å²) < 4.78 is 32.8. The minimum atomic E-state index is -3.50. The van der Waals surface area contributed by atoms with Crippen molar-refractivity contribution in [2.24, 2.45) is 11.8 Å². The zero-order valence-electron chi connectivity index (χ0n) is 20.4. The number of sulfonamides is 1. The zero-order chi connectivity index (χ0) is 25.6. The van der Waals surface area contributed by atoms with Crippen molar-refractivity contribution in [1.82, 2.24) is 19.9 Å². The van der Waals surface area contributed by atoms with Crippen molar-refractivity contribution in [2.45, 2.75) is 49.7 Å². The van der Waals surface area contributed by atoms with Gasteiger partial charge in [-0.2, -0.15) is 0 Å². The number of hydrogen-bond donors (Lipinski definition) is 2. The number of anilines is 2. The van der Waals surface area contributed by atoms with E-state index in [1.807, 2.05) is 31.2 Å². The van der Waals surface area contributed by atoms with Crippen LogP contribution in [0.5, 0.6) is 5.88 Å². The molecule has 0 bridgehead atoms. The average molecular weight is 521 g/mol. The lowest BCUT2D eigenvalue weighted by atomic mass is 9.78. The molecular weight excluding hydrogens is 492 g/mol. The molecule has 2 atom stereocenters. The first-order chi connectivity index (χ1) is 17.9. The van der Waals surface area contributed by atoms with Crippen LogP contribution in [-0.4, -0.2) is 46.1 Å². The van der Waals surface area contributed by atoms with Gasteiger partial charge in [-0.05, 0) is 69.1 Å². The van der Waals surface area contributed by atoms with Crippen LogP contribution in [0.25, 0.3) is 11.3 Å². The first kappa shape index (κ1) is 23.8. The average Bonchev–Trinajstić information content (AvgIpc) is 3.83. The van der Waals surface area contributed by atoms with Crippen molar-refractivity contribution in [3.63, 3.8) is 0 Å². The van der Waals surface area contributed by atoms with Crippen LogP contribution in [0, 0.1) is 11.8 Å². The van der Waals surface area contributed by atoms with Gasteiger partial charge in [0.2, 0.25) is 27.8 Å². The molecule has 0 spiro atoms. The number of nitrogens with one attached hydrogen (secondary N) is 2. The summed E-state index contributed by atoms with van der Waals surface area (Å²) >= 11 is 0. The zero-order valence-corrected chi connectivity index (χ0v) is 21.2. The summed E-state index contributed by atoms with van der Waals surface area (Å²) in [4.78, 5) is 31.0. The molecule has 3 fully saturated rings. The number of carbonyl (C=O) groups is 1. The third-order valence-corrected chi connectivity index (χ3v) is 9.23. The number of amides is 1. The molecule has 0 saturated heterocycles. The van der Waals surface area contributed by atoms with Gasteiger partial charge in [-0.3, -0.25) is 14.5 Å². The Morgan fingerprint density at radius 3 is 2.54 bits per heavy atom. The first-order valence-electron chi connectivity index (χ1n) is 12.6. The molecule has 37 heavy (non-hydrogen) atoms. The van der Waals surface area contributed by atoms with Gasteiger partial charge in [-0.1, -0.05) is 12.1 Å². The molecular formula is C26H28N6O4S. The number of ether oxygens (including phenoxy) is 1. The largest absolute Gasteiger partial charge is 0.477 e. The fraction of sp³-hybridized carbons (Fsp3) is 0.423. The van der Waals surface area contributed by atoms with Gasteiger partial charge in [-0.15, -0.1) is 0 Å². The van der Waals surface area contributed by atoms with E-state index in [4.69, 9.17) is 4.74 Å². The number of fused-ring (bicyclic) bond motifs is 1. The van der Waals surface area contributed by atoms with Gasteiger partial charge in [-0.25, -0.2) is 23.4 Å². The molecule has 11 heteroatoms. The molecule has 2 heterocycles. The molecule has 3 aliphatic carbocycles. The molecule has 2 N–H and O–H groups in total. The Morgan fingerprint density at radius 2 is 1.84 bits per heavy atom. The maximum absolute atomic E-state index is 13.7. The Balaban J connectivity index is 1.22. The van der Waals surface area contributed by atoms with Crippen LogP contribution in [0.4, 0.5) is 11.6 Å². The Labute approximate surface area is 215 Å². The summed E-state index contributed by atoms with van der Waals surface area (Å²) in [6.07, 6.45) is 8.56. The SMILES string of the molecule is CCOc1cncc(-c2ccc(NC(=O)C3(c4ccnc(NS(=O)(=O)C5CC5)n4)CC4CC4C3)cc2)n1. The second kappa shape index (κ2) is 9.05. The highest BCUT2D eigenvalue weighted by atomic mass is 32.2. The van der Waals surface area contributed by atoms with Crippen molar-refractivity contribution in [1.29, 1.82) is 0 Å². The third kappa shape index (κ3) is 4.75. The van der Waals surface area contributed by atoms with E-state index in [1.165, 1.54) is 6.20 Å². The van der Waals surface area contributed by atoms with Crippen molar-refractivity contribution >= 4 is 27.6 Å². The predicted molar refractivity (Wildman–Crippen MR) is 137 cm³/mol. The van der Waals surface area contributed by atoms with E-state index in [0.717, 1.165) is 12.0 Å². The number of nitrogens with zero attached hydrogens (tertiary/aromatic N) is 4. The number of aromatic nitrogens is 4. The Hall–Kier alpha value is -3.60. The second-order valence-corrected chi connectivity index (χ2v) is 12.0. The molecule has 6 rings (SSSR count). The van der Waals surface area contributed by atoms with E-state index in [9.17, 15) is 13.2 Å². The van der Waals surface area contributed by atoms with Crippen molar-refractivity contribution in [3.05, 3.63) is 54.6 Å². The third-order valence-electron chi connectivity index (χ3n) is 7.41. The lowest BCUT2D eigenvalue weighted by Crippen LogP contribution is -2.40. The van der Waals surface area contributed by atoms with Gasteiger partial charge in [0.1, 0.15) is 0 Å². The minimum Gasteiger partial charge on any atom is -0.477 e. The van der Waals surface area contributed by atoms with E-state index in [1.54, 1.807) is 18.5 Å². The van der Waals surface area contributed by atoms with Gasteiger partial charge < -0.3 is 10.1 Å². The predicted octanol–water partition coefficient (Wildman–Crippen LogP) is 3.54. The number of rotatable bonds is 9. The van der Waals surface area contributed by atoms with Crippen LogP contribution in [0.1, 0.15) is 44.7 Å². The highest BCUT2D eigenvalue weighted by Crippen LogP contribution is 2.60. The van der Waals surface area contributed by atoms with E-state index in [2.05, 4.69) is 30.0 Å². The summed E-state index contributed by atoms with van der Waals surface area (Å²) in [5.74, 6) is 1.33. The maximum atomic E-state index is 13.7. The summed E-state index contributed by atoms with van der Waals surface area (Å²) in [6, 6.07) is 9.15. The fourth-order valence-electron chi connectivity index (χ4n) is 5.24. The van der Waals surface area contributed by atoms with Gasteiger partial charge in [0.15, 0.2) is 0 Å². The van der Waals surface area contributed by atoms with Crippen molar-refractivity contribution in [3.8, 4) is 17.1 Å². The number of carbonyl (C=O) groups excluding carboxylic acids is 1. The minimum absolute atomic E-state index is 0.0249. The first-order valence-corrected chi connectivity index (χ1v) is 14.1. The van der Waals surface area contributed by atoms with Crippen molar-refractivity contribution < 1.29 is 17.9 Å². The maximum Gasteiger partial charge on any atom is 0.237 e. The normalized spacial score (nSPS) is 24.2. The monoisotopic (exact) mass is 520 g/mol. The lowest BCUT2D eigenvalue weighted by Gasteiger charge is -2.29. The standard InChI is InChI=1S/C26H28N6O4S/c1-2-36-23-15-27-14-21(30-23)16-3-5-19(6-4-16)29-24(33)26(12-17-11-18(17)13-26)22-9-10-28-25(31-22)32-37(34,35)20-7-8-20/h3-6,9-10,14-15,17-18,20H,2,7-8,11-13H2,1H3,(H,29,33)(H,28,31,32). The van der Waals surface area contributed by atoms with Crippen LogP contribution < -0.4 is 14.8 Å². The summed E-state index contributed by atoms with van der Waals surface area (Å²) in [5, 5.41) is 2.69. The highest BCUT2D eigenvalue weighted by Gasteiger charge is 2.59. The van der Waals surface area contributed by atoms with Crippen LogP contribution >= 0.6 is 0 Å². The summed E-state index contributed by atoms with van der Waals surface area (Å²) in [6.45, 7) is 2.40. The molecule has 3 saturated carbocycles. The van der Waals surface area contributed by atoms with Crippen molar-refractivity contribution in [2.75, 3.05) is 16.6 Å². The molecule has 0 aliphatic heterocycles. The highest BCUT2D eigenvalue weighted by molar-refractivity contribution is 7.93. The van der Waals surface area contributed by atoms with Gasteiger partial charge in [0, 0.05) is 17.4 Å². The quantitative estimate of drug-likeness (QED) is 0.437. The summed E-state index contributed by atoms with van der Waals surface area (Å²) in [7, 11) is -3.50. The Morgan fingerprint density at radius 1 is 1.08 bits per heavy atom. The lowest BCUT2D eigenvalue weighted by molar-refractivity contribution is -0.121. The molecule has 2 unspecified atom stereocenters. The molecule has 1 aromatic carbocycles. The molecule has 2 aromatic heterocycles. The molecule has 0 radical (unpaired) electrons. The number of benzene rings is 1. The van der Waals surface area contributed by atoms with E-state index < -0.39 is 15.4 Å². The Kier molecular flexibility index (Phi) is 5.82. The van der Waals surface area contributed by atoms with Crippen LogP contribution in [0.3, 0.4) is 0 Å². The van der Waals surface area contributed by atoms with Crippen LogP contribution in [-0.2, 0) is 20.2 Å². The second-order valence-electron chi connectivity index (χ2n) is 10.1. The van der Waals surface area contributed by atoms with Gasteiger partial charge in [0.05, 0.1) is 41.1 Å². The van der Waals surface area contributed by atoms with E-state index in [-0.39, 0.29) is 17.1 Å². The van der Waals surface area contributed by atoms with E-state index in [0.29, 0.717) is 67.1 Å². The topological polar surface area (TPSA) is 136 Å².